The van der Waals surface area contributed by atoms with Crippen molar-refractivity contribution in [3.8, 4) is 0 Å². The van der Waals surface area contributed by atoms with Gasteiger partial charge >= 0.3 is 11.9 Å². The zero-order chi connectivity index (χ0) is 23.8. The smallest absolute Gasteiger partial charge is 0.321 e. The van der Waals surface area contributed by atoms with Crippen LogP contribution in [-0.4, -0.2) is 34.0 Å². The van der Waals surface area contributed by atoms with Crippen molar-refractivity contribution in [3.05, 3.63) is 0 Å². The van der Waals surface area contributed by atoms with Crippen molar-refractivity contribution >= 4 is 17.7 Å². The normalized spacial score (nSPS) is 43.5. The summed E-state index contributed by atoms with van der Waals surface area (Å²) < 4.78 is 0. The van der Waals surface area contributed by atoms with Gasteiger partial charge in [-0.2, -0.15) is 0 Å². The topological polar surface area (TPSA) is 118 Å². The molecule has 4 fully saturated rings. The zero-order valence-corrected chi connectivity index (χ0v) is 20.3. The van der Waals surface area contributed by atoms with Gasteiger partial charge in [-0.15, -0.1) is 0 Å². The minimum absolute atomic E-state index is 0.332. The maximum Gasteiger partial charge on any atom is 0.321 e. The second-order valence-corrected chi connectivity index (χ2v) is 11.9. The van der Waals surface area contributed by atoms with Crippen LogP contribution in [0.4, 0.5) is 0 Å². The summed E-state index contributed by atoms with van der Waals surface area (Å²) in [5.41, 5.74) is 5.78. The first-order chi connectivity index (χ1) is 14.9. The van der Waals surface area contributed by atoms with E-state index in [9.17, 15) is 14.4 Å². The molecule has 0 spiro atoms. The molecular formula is C26H43NO5. The van der Waals surface area contributed by atoms with Gasteiger partial charge in [0, 0.05) is 5.92 Å². The Hall–Kier alpha value is -1.43. The van der Waals surface area contributed by atoms with Gasteiger partial charge in [-0.1, -0.05) is 27.2 Å². The first kappa shape index (κ1) is 25.2. The monoisotopic (exact) mass is 449 g/mol. The van der Waals surface area contributed by atoms with Crippen molar-refractivity contribution in [1.82, 2.24) is 0 Å². The Bertz CT molecular complexity index is 738. The van der Waals surface area contributed by atoms with E-state index in [0.717, 1.165) is 29.6 Å². The van der Waals surface area contributed by atoms with E-state index in [-0.39, 0.29) is 0 Å². The second-order valence-electron chi connectivity index (χ2n) is 11.9. The standard InChI is InChI=1S/C22H36O.C4H7NO4/c1-14-9-11-21(3)16(13-14)5-6-17-19-8-7-18(15(2)23)22(19,4)12-10-20(17)21;5-2(4(8)9)1-3(6)7/h14,16-20H,5-13H2,1-4H3;2H,1,5H2,(H,6,7)(H,8,9). The van der Waals surface area contributed by atoms with E-state index in [1.54, 1.807) is 0 Å². The van der Waals surface area contributed by atoms with Crippen LogP contribution < -0.4 is 5.73 Å². The highest BCUT2D eigenvalue weighted by molar-refractivity contribution is 5.80. The van der Waals surface area contributed by atoms with Crippen molar-refractivity contribution in [3.63, 3.8) is 0 Å². The lowest BCUT2D eigenvalue weighted by Gasteiger charge is -2.61. The molecule has 6 nitrogen and oxygen atoms in total. The highest BCUT2D eigenvalue weighted by atomic mass is 16.4. The molecule has 0 bridgehead atoms. The molecule has 0 aromatic heterocycles. The second kappa shape index (κ2) is 9.44. The van der Waals surface area contributed by atoms with Gasteiger partial charge < -0.3 is 15.9 Å². The molecule has 0 amide bonds. The van der Waals surface area contributed by atoms with Crippen LogP contribution in [0.3, 0.4) is 0 Å². The van der Waals surface area contributed by atoms with Crippen molar-refractivity contribution in [2.24, 2.45) is 52.1 Å². The number of carboxylic acid groups (broad SMARTS) is 2. The molecule has 0 heterocycles. The molecular weight excluding hydrogens is 406 g/mol. The fraction of sp³-hybridized carbons (Fsp3) is 0.885. The Kier molecular flexibility index (Phi) is 7.43. The molecule has 0 radical (unpaired) electrons. The van der Waals surface area contributed by atoms with Crippen molar-refractivity contribution < 1.29 is 24.6 Å². The van der Waals surface area contributed by atoms with Crippen LogP contribution in [0.15, 0.2) is 0 Å². The fourth-order valence-corrected chi connectivity index (χ4v) is 8.42. The van der Waals surface area contributed by atoms with Gasteiger partial charge in [-0.3, -0.25) is 14.4 Å². The van der Waals surface area contributed by atoms with Crippen LogP contribution in [0.2, 0.25) is 0 Å². The first-order valence-electron chi connectivity index (χ1n) is 12.6. The summed E-state index contributed by atoms with van der Waals surface area (Å²) in [7, 11) is 0. The van der Waals surface area contributed by atoms with Crippen molar-refractivity contribution in [2.75, 3.05) is 0 Å². The van der Waals surface area contributed by atoms with Gasteiger partial charge in [0.05, 0.1) is 6.42 Å². The Morgan fingerprint density at radius 1 is 0.938 bits per heavy atom. The lowest BCUT2D eigenvalue weighted by molar-refractivity contribution is -0.144. The number of hydrogen-bond acceptors (Lipinski definition) is 4. The van der Waals surface area contributed by atoms with E-state index in [4.69, 9.17) is 15.9 Å². The van der Waals surface area contributed by atoms with E-state index in [1.165, 1.54) is 57.8 Å². The third kappa shape index (κ3) is 4.62. The molecule has 0 saturated heterocycles. The predicted molar refractivity (Wildman–Crippen MR) is 123 cm³/mol. The Morgan fingerprint density at radius 3 is 2.12 bits per heavy atom. The molecule has 9 unspecified atom stereocenters. The van der Waals surface area contributed by atoms with Gasteiger partial charge in [-0.25, -0.2) is 0 Å². The molecule has 0 aromatic carbocycles. The zero-order valence-electron chi connectivity index (χ0n) is 20.3. The van der Waals surface area contributed by atoms with Crippen LogP contribution in [0.1, 0.15) is 91.9 Å². The molecule has 4 rings (SSSR count). The summed E-state index contributed by atoms with van der Waals surface area (Å²) in [6.07, 6.45) is 12.0. The summed E-state index contributed by atoms with van der Waals surface area (Å²) in [4.78, 5) is 31.8. The molecule has 0 aromatic rings. The third-order valence-electron chi connectivity index (χ3n) is 10.1. The van der Waals surface area contributed by atoms with E-state index < -0.39 is 24.4 Å². The van der Waals surface area contributed by atoms with Crippen LogP contribution in [-0.2, 0) is 14.4 Å². The highest BCUT2D eigenvalue weighted by Crippen LogP contribution is 2.67. The fourth-order valence-electron chi connectivity index (χ4n) is 8.42. The minimum atomic E-state index is -1.29. The number of carbonyl (C=O) groups is 3. The summed E-state index contributed by atoms with van der Waals surface area (Å²) in [5.74, 6) is 3.00. The summed E-state index contributed by atoms with van der Waals surface area (Å²) >= 11 is 0. The number of Topliss-reactive ketones (excluding diaryl/α,β-unsaturated/α-hetero) is 1. The number of carbonyl (C=O) groups excluding carboxylic acids is 1. The van der Waals surface area contributed by atoms with Gasteiger partial charge in [0.15, 0.2) is 0 Å². The van der Waals surface area contributed by atoms with Gasteiger partial charge in [0.1, 0.15) is 11.8 Å². The van der Waals surface area contributed by atoms with Crippen LogP contribution in [0.5, 0.6) is 0 Å². The number of fused-ring (bicyclic) bond motifs is 5. The summed E-state index contributed by atoms with van der Waals surface area (Å²) in [5, 5.41) is 16.0. The molecule has 0 aliphatic heterocycles. The number of ketones is 1. The van der Waals surface area contributed by atoms with Gasteiger partial charge in [-0.05, 0) is 98.7 Å². The largest absolute Gasteiger partial charge is 0.481 e. The lowest BCUT2D eigenvalue weighted by Crippen LogP contribution is -2.53. The van der Waals surface area contributed by atoms with E-state index in [0.29, 0.717) is 22.5 Å². The summed E-state index contributed by atoms with van der Waals surface area (Å²) in [6, 6.07) is -1.29. The SMILES string of the molecule is CC(=O)C1CCC2C3CCC4CC(C)CCC4(C)C3CCC12C.NC(CC(=O)O)C(=O)O. The number of nitrogens with two attached hydrogens (primary N) is 1. The third-order valence-corrected chi connectivity index (χ3v) is 10.1. The first-order valence-corrected chi connectivity index (χ1v) is 12.6. The molecule has 9 atom stereocenters. The van der Waals surface area contributed by atoms with E-state index in [1.807, 2.05) is 6.92 Å². The molecule has 4 aliphatic carbocycles. The van der Waals surface area contributed by atoms with Crippen LogP contribution in [0, 0.1) is 46.3 Å². The van der Waals surface area contributed by atoms with Crippen molar-refractivity contribution in [2.45, 2.75) is 97.9 Å². The Balaban J connectivity index is 0.000000275. The Morgan fingerprint density at radius 2 is 1.56 bits per heavy atom. The number of rotatable bonds is 4. The van der Waals surface area contributed by atoms with E-state index >= 15 is 0 Å². The maximum absolute atomic E-state index is 12.2. The van der Waals surface area contributed by atoms with Gasteiger partial charge in [0.25, 0.3) is 0 Å². The van der Waals surface area contributed by atoms with Crippen LogP contribution in [0.25, 0.3) is 0 Å². The molecule has 182 valence electrons. The molecule has 4 aliphatic rings. The van der Waals surface area contributed by atoms with Crippen LogP contribution >= 0.6 is 0 Å². The Labute approximate surface area is 192 Å². The quantitative estimate of drug-likeness (QED) is 0.570. The molecule has 4 saturated carbocycles. The number of hydrogen-bond donors (Lipinski definition) is 3. The minimum Gasteiger partial charge on any atom is -0.481 e. The maximum atomic E-state index is 12.2. The molecule has 32 heavy (non-hydrogen) atoms. The number of aliphatic carboxylic acids is 2. The predicted octanol–water partition coefficient (Wildman–Crippen LogP) is 4.74. The average molecular weight is 450 g/mol. The number of carboxylic acids is 2. The molecule has 4 N–H and O–H groups in total. The lowest BCUT2D eigenvalue weighted by atomic mass is 9.44. The van der Waals surface area contributed by atoms with E-state index in [2.05, 4.69) is 20.8 Å². The van der Waals surface area contributed by atoms with Crippen molar-refractivity contribution in [1.29, 1.82) is 0 Å². The van der Waals surface area contributed by atoms with Gasteiger partial charge in [0.2, 0.25) is 0 Å². The summed E-state index contributed by atoms with van der Waals surface area (Å²) in [6.45, 7) is 9.45. The average Bonchev–Trinajstić information content (AvgIpc) is 3.06. The molecule has 6 heteroatoms. The highest BCUT2D eigenvalue weighted by Gasteiger charge is 2.60.